The third-order valence-electron chi connectivity index (χ3n) is 2.36. The second-order valence-corrected chi connectivity index (χ2v) is 4.79. The predicted molar refractivity (Wildman–Crippen MR) is 81.1 cm³/mol. The Kier molecular flexibility index (Phi) is 5.18. The first-order valence-electron chi connectivity index (χ1n) is 5.67. The molecular weight excluding hydrogens is 258 g/mol. The Morgan fingerprint density at radius 1 is 1.63 bits per heavy atom. The maximum Gasteiger partial charge on any atom is 0.193 e. The Labute approximate surface area is 119 Å². The molecule has 1 aromatic rings. The lowest BCUT2D eigenvalue weighted by molar-refractivity contribution is 0.536. The molecule has 4 nitrogen and oxygen atoms in total. The molecule has 0 saturated heterocycles. The van der Waals surface area contributed by atoms with E-state index in [9.17, 15) is 0 Å². The molecule has 6 heteroatoms. The summed E-state index contributed by atoms with van der Waals surface area (Å²) in [4.78, 5) is 8.58. The van der Waals surface area contributed by atoms with Crippen molar-refractivity contribution in [3.05, 3.63) is 53.4 Å². The van der Waals surface area contributed by atoms with Gasteiger partial charge in [0.05, 0.1) is 10.7 Å². The number of pyridine rings is 1. The van der Waals surface area contributed by atoms with Crippen molar-refractivity contribution in [2.45, 2.75) is 19.4 Å². The van der Waals surface area contributed by atoms with Crippen molar-refractivity contribution < 1.29 is 0 Å². The van der Waals surface area contributed by atoms with Gasteiger partial charge in [0.2, 0.25) is 0 Å². The molecule has 19 heavy (non-hydrogen) atoms. The van der Waals surface area contributed by atoms with E-state index in [1.54, 1.807) is 18.3 Å². The van der Waals surface area contributed by atoms with E-state index in [2.05, 4.69) is 21.9 Å². The van der Waals surface area contributed by atoms with Crippen molar-refractivity contribution >= 4 is 25.4 Å². The highest BCUT2D eigenvalue weighted by atomic mass is 35.5. The zero-order chi connectivity index (χ0) is 14.5. The van der Waals surface area contributed by atoms with E-state index in [0.29, 0.717) is 16.2 Å². The quantitative estimate of drug-likeness (QED) is 0.382. The van der Waals surface area contributed by atoms with E-state index in [-0.39, 0.29) is 5.96 Å². The molecule has 0 aliphatic heterocycles. The van der Waals surface area contributed by atoms with Gasteiger partial charge in [-0.05, 0) is 32.2 Å². The van der Waals surface area contributed by atoms with Gasteiger partial charge in [-0.1, -0.05) is 29.7 Å². The monoisotopic (exact) mass is 274 g/mol. The van der Waals surface area contributed by atoms with E-state index >= 15 is 0 Å². The Bertz CT molecular complexity index is 523. The standard InChI is InChI=1S/C13H16BClN4/c1-4-9(14)8-18-12(16)19-13(2,3)11-10(15)6-5-7-17-11/h4-8H,1H2,2-3H3,(H3,16,18,19)/b9-8+. The van der Waals surface area contributed by atoms with Gasteiger partial charge in [-0.25, -0.2) is 4.99 Å². The van der Waals surface area contributed by atoms with Crippen molar-refractivity contribution in [1.82, 2.24) is 10.3 Å². The van der Waals surface area contributed by atoms with Crippen LogP contribution in [0.3, 0.4) is 0 Å². The van der Waals surface area contributed by atoms with Gasteiger partial charge in [0.25, 0.3) is 0 Å². The molecule has 0 saturated carbocycles. The van der Waals surface area contributed by atoms with Gasteiger partial charge >= 0.3 is 0 Å². The van der Waals surface area contributed by atoms with E-state index in [1.807, 2.05) is 13.8 Å². The fourth-order valence-electron chi connectivity index (χ4n) is 1.44. The zero-order valence-electron chi connectivity index (χ0n) is 11.0. The van der Waals surface area contributed by atoms with Crippen LogP contribution < -0.4 is 11.1 Å². The second-order valence-electron chi connectivity index (χ2n) is 4.38. The summed E-state index contributed by atoms with van der Waals surface area (Å²) < 4.78 is 0. The maximum absolute atomic E-state index is 6.10. The average molecular weight is 275 g/mol. The number of hydrogen-bond acceptors (Lipinski definition) is 2. The van der Waals surface area contributed by atoms with Crippen molar-refractivity contribution in [1.29, 1.82) is 0 Å². The van der Waals surface area contributed by atoms with Gasteiger partial charge in [0.15, 0.2) is 5.96 Å². The fourth-order valence-corrected chi connectivity index (χ4v) is 1.79. The topological polar surface area (TPSA) is 63.3 Å². The SMILES string of the molecule is [B]/C(C=C)=C/NC(N)=NC(C)(C)c1ncccc1Cl. The first-order valence-corrected chi connectivity index (χ1v) is 6.05. The lowest BCUT2D eigenvalue weighted by atomic mass is 9.97. The first-order chi connectivity index (χ1) is 8.86. The fraction of sp³-hybridized carbons (Fsp3) is 0.231. The van der Waals surface area contributed by atoms with Crippen LogP contribution in [0.2, 0.25) is 5.02 Å². The van der Waals surface area contributed by atoms with Crippen molar-refractivity contribution in [2.75, 3.05) is 0 Å². The van der Waals surface area contributed by atoms with Gasteiger partial charge in [-0.2, -0.15) is 0 Å². The van der Waals surface area contributed by atoms with Crippen LogP contribution in [0.1, 0.15) is 19.5 Å². The number of aromatic nitrogens is 1. The minimum Gasteiger partial charge on any atom is -0.370 e. The number of nitrogens with one attached hydrogen (secondary N) is 1. The third kappa shape index (κ3) is 4.45. The van der Waals surface area contributed by atoms with Crippen LogP contribution in [0, 0.1) is 0 Å². The van der Waals surface area contributed by atoms with E-state index in [1.165, 1.54) is 12.3 Å². The van der Waals surface area contributed by atoms with Gasteiger partial charge < -0.3 is 11.1 Å². The third-order valence-corrected chi connectivity index (χ3v) is 2.67. The first kappa shape index (κ1) is 15.3. The van der Waals surface area contributed by atoms with Crippen LogP contribution >= 0.6 is 11.6 Å². The molecule has 1 aromatic heterocycles. The molecule has 0 amide bonds. The molecule has 0 aliphatic rings. The largest absolute Gasteiger partial charge is 0.370 e. The second kappa shape index (κ2) is 6.43. The summed E-state index contributed by atoms with van der Waals surface area (Å²) in [5, 5.41) is 3.32. The average Bonchev–Trinajstić information content (AvgIpc) is 2.35. The summed E-state index contributed by atoms with van der Waals surface area (Å²) in [5.74, 6) is 0.219. The molecule has 98 valence electrons. The molecule has 0 fully saturated rings. The highest BCUT2D eigenvalue weighted by molar-refractivity contribution is 6.31. The van der Waals surface area contributed by atoms with Crippen molar-refractivity contribution in [2.24, 2.45) is 10.7 Å². The van der Waals surface area contributed by atoms with Gasteiger partial charge in [0.1, 0.15) is 13.4 Å². The molecule has 0 aromatic carbocycles. The van der Waals surface area contributed by atoms with Crippen LogP contribution in [0.4, 0.5) is 0 Å². The highest BCUT2D eigenvalue weighted by Gasteiger charge is 2.24. The molecule has 0 atom stereocenters. The number of nitrogens with zero attached hydrogens (tertiary/aromatic N) is 2. The minimum absolute atomic E-state index is 0.219. The maximum atomic E-state index is 6.10. The van der Waals surface area contributed by atoms with E-state index < -0.39 is 5.54 Å². The van der Waals surface area contributed by atoms with Crippen LogP contribution in [-0.2, 0) is 5.54 Å². The molecule has 0 unspecified atom stereocenters. The molecule has 2 radical (unpaired) electrons. The molecule has 1 rings (SSSR count). The molecule has 3 N–H and O–H groups in total. The number of hydrogen-bond donors (Lipinski definition) is 2. The molecular formula is C13H16BClN4. The van der Waals surface area contributed by atoms with Crippen LogP contribution in [0.15, 0.2) is 47.6 Å². The van der Waals surface area contributed by atoms with Crippen molar-refractivity contribution in [3.63, 3.8) is 0 Å². The molecule has 0 aliphatic carbocycles. The summed E-state index contributed by atoms with van der Waals surface area (Å²) in [7, 11) is 5.56. The summed E-state index contributed by atoms with van der Waals surface area (Å²) in [6.45, 7) is 7.27. The smallest absolute Gasteiger partial charge is 0.193 e. The predicted octanol–water partition coefficient (Wildman–Crippen LogP) is 2.07. The van der Waals surface area contributed by atoms with E-state index in [0.717, 1.165) is 0 Å². The Morgan fingerprint density at radius 2 is 2.32 bits per heavy atom. The lowest BCUT2D eigenvalue weighted by Gasteiger charge is -2.21. The van der Waals surface area contributed by atoms with Gasteiger partial charge in [0, 0.05) is 6.20 Å². The summed E-state index contributed by atoms with van der Waals surface area (Å²) in [6, 6.07) is 3.53. The number of halogens is 1. The highest BCUT2D eigenvalue weighted by Crippen LogP contribution is 2.28. The summed E-state index contributed by atoms with van der Waals surface area (Å²) >= 11 is 6.10. The number of allylic oxidation sites excluding steroid dienone is 2. The Balaban J connectivity index is 2.95. The summed E-state index contributed by atoms with van der Waals surface area (Å²) in [6.07, 6.45) is 4.68. The minimum atomic E-state index is -0.647. The van der Waals surface area contributed by atoms with Gasteiger partial charge in [-0.15, -0.1) is 0 Å². The van der Waals surface area contributed by atoms with E-state index in [4.69, 9.17) is 25.2 Å². The van der Waals surface area contributed by atoms with Gasteiger partial charge in [-0.3, -0.25) is 4.98 Å². The number of aliphatic imine (C=N–C) groups is 1. The van der Waals surface area contributed by atoms with Crippen molar-refractivity contribution in [3.8, 4) is 0 Å². The normalized spacial score (nSPS) is 13.2. The lowest BCUT2D eigenvalue weighted by Crippen LogP contribution is -2.32. The molecule has 0 bridgehead atoms. The van der Waals surface area contributed by atoms with Crippen LogP contribution in [0.25, 0.3) is 0 Å². The van der Waals surface area contributed by atoms with Crippen LogP contribution in [0.5, 0.6) is 0 Å². The number of rotatable bonds is 4. The number of guanidine groups is 1. The molecule has 1 heterocycles. The molecule has 0 spiro atoms. The Hall–Kier alpha value is -1.75. The number of nitrogens with two attached hydrogens (primary N) is 1. The van der Waals surface area contributed by atoms with Crippen LogP contribution in [-0.4, -0.2) is 18.8 Å². The summed E-state index contributed by atoms with van der Waals surface area (Å²) in [5.41, 5.74) is 6.26. The Morgan fingerprint density at radius 3 is 2.89 bits per heavy atom. The zero-order valence-corrected chi connectivity index (χ0v) is 11.8.